The molecule has 1 aromatic heterocycles. The number of likely N-dealkylation sites (N-methyl/N-ethyl adjacent to an activating group) is 1. The number of thiazole rings is 1. The van der Waals surface area contributed by atoms with Crippen molar-refractivity contribution in [1.82, 2.24) is 15.6 Å². The summed E-state index contributed by atoms with van der Waals surface area (Å²) in [6.07, 6.45) is 0. The standard InChI is InChI=1S/C16H19N3O3S/c1-3-17-15(20)8-18-16(21)13-6-4-5-7-14(13)22-9-12-10-23-11(2)19-12/h4-7,10H,3,8-9H2,1-2H3,(H,17,20)(H,18,21). The largest absolute Gasteiger partial charge is 0.486 e. The molecular formula is C16H19N3O3S. The molecule has 0 saturated heterocycles. The van der Waals surface area contributed by atoms with Crippen LogP contribution in [0.3, 0.4) is 0 Å². The fourth-order valence-corrected chi connectivity index (χ4v) is 2.52. The third-order valence-electron chi connectivity index (χ3n) is 2.96. The first kappa shape index (κ1) is 17.0. The number of para-hydroxylation sites is 1. The molecule has 1 heterocycles. The summed E-state index contributed by atoms with van der Waals surface area (Å²) in [5, 5.41) is 8.10. The minimum absolute atomic E-state index is 0.0632. The summed E-state index contributed by atoms with van der Waals surface area (Å²) in [6.45, 7) is 4.51. The molecule has 2 rings (SSSR count). The van der Waals surface area contributed by atoms with Crippen LogP contribution in [0, 0.1) is 6.92 Å². The first-order valence-electron chi connectivity index (χ1n) is 7.28. The highest BCUT2D eigenvalue weighted by Crippen LogP contribution is 2.19. The van der Waals surface area contributed by atoms with Crippen LogP contribution in [0.5, 0.6) is 5.75 Å². The first-order chi connectivity index (χ1) is 11.1. The fourth-order valence-electron chi connectivity index (χ4n) is 1.92. The normalized spacial score (nSPS) is 10.2. The number of carbonyl (C=O) groups is 2. The van der Waals surface area contributed by atoms with Crippen LogP contribution in [0.1, 0.15) is 28.0 Å². The molecule has 0 saturated carbocycles. The summed E-state index contributed by atoms with van der Waals surface area (Å²) < 4.78 is 5.69. The second kappa shape index (κ2) is 8.28. The van der Waals surface area contributed by atoms with Gasteiger partial charge in [0.1, 0.15) is 12.4 Å². The topological polar surface area (TPSA) is 80.3 Å². The van der Waals surface area contributed by atoms with Gasteiger partial charge in [-0.25, -0.2) is 4.98 Å². The SMILES string of the molecule is CCNC(=O)CNC(=O)c1ccccc1OCc1csc(C)n1. The number of amides is 2. The molecule has 2 amide bonds. The van der Waals surface area contributed by atoms with Gasteiger partial charge in [-0.05, 0) is 26.0 Å². The van der Waals surface area contributed by atoms with E-state index in [2.05, 4.69) is 15.6 Å². The Hall–Kier alpha value is -2.41. The third kappa shape index (κ3) is 5.07. The van der Waals surface area contributed by atoms with Gasteiger partial charge in [0.05, 0.1) is 22.8 Å². The number of carbonyl (C=O) groups excluding carboxylic acids is 2. The molecule has 6 nitrogen and oxygen atoms in total. The van der Waals surface area contributed by atoms with E-state index in [1.54, 1.807) is 35.6 Å². The lowest BCUT2D eigenvalue weighted by molar-refractivity contribution is -0.120. The molecule has 7 heteroatoms. The molecule has 0 aliphatic heterocycles. The lowest BCUT2D eigenvalue weighted by Crippen LogP contribution is -2.36. The van der Waals surface area contributed by atoms with Crippen molar-refractivity contribution < 1.29 is 14.3 Å². The van der Waals surface area contributed by atoms with E-state index in [9.17, 15) is 9.59 Å². The Morgan fingerprint density at radius 3 is 2.74 bits per heavy atom. The van der Waals surface area contributed by atoms with Crippen LogP contribution in [-0.4, -0.2) is 29.9 Å². The van der Waals surface area contributed by atoms with Gasteiger partial charge >= 0.3 is 0 Å². The van der Waals surface area contributed by atoms with Crippen LogP contribution in [0.2, 0.25) is 0 Å². The van der Waals surface area contributed by atoms with E-state index in [0.717, 1.165) is 10.7 Å². The number of nitrogens with one attached hydrogen (secondary N) is 2. The molecule has 0 bridgehead atoms. The van der Waals surface area contributed by atoms with Gasteiger partial charge in [0, 0.05) is 11.9 Å². The summed E-state index contributed by atoms with van der Waals surface area (Å²) in [6, 6.07) is 6.93. The van der Waals surface area contributed by atoms with Gasteiger partial charge in [0.15, 0.2) is 0 Å². The summed E-state index contributed by atoms with van der Waals surface area (Å²) >= 11 is 1.55. The monoisotopic (exact) mass is 333 g/mol. The first-order valence-corrected chi connectivity index (χ1v) is 8.16. The van der Waals surface area contributed by atoms with Crippen LogP contribution in [0.4, 0.5) is 0 Å². The number of aromatic nitrogens is 1. The maximum absolute atomic E-state index is 12.2. The highest BCUT2D eigenvalue weighted by molar-refractivity contribution is 7.09. The van der Waals surface area contributed by atoms with Gasteiger partial charge in [-0.15, -0.1) is 11.3 Å². The highest BCUT2D eigenvalue weighted by atomic mass is 32.1. The van der Waals surface area contributed by atoms with Crippen LogP contribution in [0.15, 0.2) is 29.6 Å². The molecule has 1 aromatic carbocycles. The van der Waals surface area contributed by atoms with E-state index in [4.69, 9.17) is 4.74 Å². The van der Waals surface area contributed by atoms with Crippen LogP contribution in [-0.2, 0) is 11.4 Å². The van der Waals surface area contributed by atoms with Gasteiger partial charge in [0.25, 0.3) is 5.91 Å². The Balaban J connectivity index is 1.98. The van der Waals surface area contributed by atoms with Gasteiger partial charge < -0.3 is 15.4 Å². The zero-order valence-electron chi connectivity index (χ0n) is 13.1. The molecule has 2 aromatic rings. The molecule has 0 radical (unpaired) electrons. The van der Waals surface area contributed by atoms with E-state index < -0.39 is 0 Å². The lowest BCUT2D eigenvalue weighted by atomic mass is 10.2. The number of hydrogen-bond acceptors (Lipinski definition) is 5. The van der Waals surface area contributed by atoms with Crippen molar-refractivity contribution in [2.24, 2.45) is 0 Å². The highest BCUT2D eigenvalue weighted by Gasteiger charge is 2.13. The second-order valence-electron chi connectivity index (χ2n) is 4.78. The summed E-state index contributed by atoms with van der Waals surface area (Å²) in [7, 11) is 0. The van der Waals surface area contributed by atoms with E-state index >= 15 is 0 Å². The number of benzene rings is 1. The Bertz CT molecular complexity index is 685. The molecule has 122 valence electrons. The molecule has 0 aliphatic rings. The summed E-state index contributed by atoms with van der Waals surface area (Å²) in [4.78, 5) is 27.9. The molecule has 23 heavy (non-hydrogen) atoms. The van der Waals surface area contributed by atoms with Gasteiger partial charge in [-0.2, -0.15) is 0 Å². The maximum atomic E-state index is 12.2. The molecule has 0 spiro atoms. The number of nitrogens with zero attached hydrogens (tertiary/aromatic N) is 1. The van der Waals surface area contributed by atoms with Crippen molar-refractivity contribution >= 4 is 23.2 Å². The quantitative estimate of drug-likeness (QED) is 0.811. The van der Waals surface area contributed by atoms with Crippen molar-refractivity contribution in [3.63, 3.8) is 0 Å². The number of aryl methyl sites for hydroxylation is 1. The summed E-state index contributed by atoms with van der Waals surface area (Å²) in [5.41, 5.74) is 1.22. The number of rotatable bonds is 7. The molecule has 0 fully saturated rings. The minimum atomic E-state index is -0.346. The Morgan fingerprint density at radius 2 is 2.04 bits per heavy atom. The average molecular weight is 333 g/mol. The van der Waals surface area contributed by atoms with Crippen molar-refractivity contribution in [2.45, 2.75) is 20.5 Å². The predicted molar refractivity (Wildman–Crippen MR) is 88.6 cm³/mol. The van der Waals surface area contributed by atoms with Gasteiger partial charge in [-0.1, -0.05) is 12.1 Å². The van der Waals surface area contributed by atoms with E-state index in [1.807, 2.05) is 19.2 Å². The van der Waals surface area contributed by atoms with Crippen molar-refractivity contribution in [2.75, 3.05) is 13.1 Å². The van der Waals surface area contributed by atoms with E-state index in [0.29, 0.717) is 24.5 Å². The van der Waals surface area contributed by atoms with Gasteiger partial charge in [-0.3, -0.25) is 9.59 Å². The van der Waals surface area contributed by atoms with Crippen LogP contribution < -0.4 is 15.4 Å². The second-order valence-corrected chi connectivity index (χ2v) is 5.84. The average Bonchev–Trinajstić information content (AvgIpc) is 2.97. The Labute approximate surface area is 138 Å². The smallest absolute Gasteiger partial charge is 0.255 e. The zero-order chi connectivity index (χ0) is 16.7. The van der Waals surface area contributed by atoms with E-state index in [1.165, 1.54) is 0 Å². The molecule has 0 unspecified atom stereocenters. The third-order valence-corrected chi connectivity index (χ3v) is 3.78. The zero-order valence-corrected chi connectivity index (χ0v) is 13.9. The summed E-state index contributed by atoms with van der Waals surface area (Å²) in [5.74, 6) is -0.106. The molecular weight excluding hydrogens is 314 g/mol. The number of hydrogen-bond donors (Lipinski definition) is 2. The van der Waals surface area contributed by atoms with Gasteiger partial charge in [0.2, 0.25) is 5.91 Å². The van der Waals surface area contributed by atoms with Crippen LogP contribution in [0.25, 0.3) is 0 Å². The number of ether oxygens (including phenoxy) is 1. The van der Waals surface area contributed by atoms with Crippen LogP contribution >= 0.6 is 11.3 Å². The maximum Gasteiger partial charge on any atom is 0.255 e. The molecule has 0 atom stereocenters. The Kier molecular flexibility index (Phi) is 6.10. The van der Waals surface area contributed by atoms with Crippen molar-refractivity contribution in [3.05, 3.63) is 45.9 Å². The minimum Gasteiger partial charge on any atom is -0.486 e. The predicted octanol–water partition coefficient (Wildman–Crippen LogP) is 1.90. The Morgan fingerprint density at radius 1 is 1.26 bits per heavy atom. The van der Waals surface area contributed by atoms with Crippen molar-refractivity contribution in [1.29, 1.82) is 0 Å². The molecule has 0 aliphatic carbocycles. The fraction of sp³-hybridized carbons (Fsp3) is 0.312. The van der Waals surface area contributed by atoms with Crippen molar-refractivity contribution in [3.8, 4) is 5.75 Å². The molecule has 2 N–H and O–H groups in total. The van der Waals surface area contributed by atoms with E-state index in [-0.39, 0.29) is 18.4 Å². The lowest BCUT2D eigenvalue weighted by Gasteiger charge is -2.11.